The predicted molar refractivity (Wildman–Crippen MR) is 123 cm³/mol. The van der Waals surface area contributed by atoms with E-state index in [2.05, 4.69) is 9.97 Å². The van der Waals surface area contributed by atoms with Crippen molar-refractivity contribution in [3.8, 4) is 34.1 Å². The Kier molecular flexibility index (Phi) is 9.10. The first kappa shape index (κ1) is 25.7. The zero-order chi connectivity index (χ0) is 23.2. The molecule has 8 heteroatoms. The number of hydrogen-bond acceptors (Lipinski definition) is 7. The van der Waals surface area contributed by atoms with Gasteiger partial charge in [-0.2, -0.15) is 0 Å². The fourth-order valence-corrected chi connectivity index (χ4v) is 3.77. The van der Waals surface area contributed by atoms with Gasteiger partial charge in [-0.25, -0.2) is 9.97 Å². The number of aliphatic carboxylic acids is 1. The predicted octanol–water partition coefficient (Wildman–Crippen LogP) is 1.65. The molecule has 0 aliphatic heterocycles. The van der Waals surface area contributed by atoms with Gasteiger partial charge in [-0.1, -0.05) is 42.5 Å². The number of furan rings is 1. The Bertz CT molecular complexity index is 1230. The Balaban J connectivity index is 0.00000324. The van der Waals surface area contributed by atoms with Crippen LogP contribution in [0.15, 0.2) is 65.3 Å². The second kappa shape index (κ2) is 12.0. The molecule has 0 fully saturated rings. The molecule has 4 rings (SSSR count). The van der Waals surface area contributed by atoms with E-state index in [0.717, 1.165) is 28.9 Å². The molecule has 1 atom stereocenters. The van der Waals surface area contributed by atoms with Crippen molar-refractivity contribution in [2.75, 3.05) is 7.11 Å². The van der Waals surface area contributed by atoms with Crippen LogP contribution in [0.5, 0.6) is 11.6 Å². The van der Waals surface area contributed by atoms with Gasteiger partial charge < -0.3 is 23.8 Å². The van der Waals surface area contributed by atoms with Crippen molar-refractivity contribution in [3.63, 3.8) is 0 Å². The molecule has 2 heterocycles. The zero-order valence-electron chi connectivity index (χ0n) is 19.6. The molecule has 170 valence electrons. The van der Waals surface area contributed by atoms with Gasteiger partial charge in [-0.15, -0.1) is 0 Å². The third-order valence-electron chi connectivity index (χ3n) is 5.42. The zero-order valence-corrected chi connectivity index (χ0v) is 21.6. The van der Waals surface area contributed by atoms with Crippen LogP contribution in [0.1, 0.15) is 32.6 Å². The number of benzene rings is 2. The molecule has 0 saturated heterocycles. The second-order valence-corrected chi connectivity index (χ2v) is 7.81. The minimum Gasteiger partial charge on any atom is -0.550 e. The summed E-state index contributed by atoms with van der Waals surface area (Å²) in [6, 6.07) is 17.6. The minimum atomic E-state index is -1.03. The molecule has 0 bridgehead atoms. The fraction of sp³-hybridized carbons (Fsp3) is 0.269. The Hall–Kier alpha value is -2.87. The van der Waals surface area contributed by atoms with Crippen LogP contribution in [0, 0.1) is 0 Å². The molecule has 0 saturated carbocycles. The van der Waals surface area contributed by atoms with Crippen molar-refractivity contribution in [3.05, 3.63) is 60.9 Å². The van der Waals surface area contributed by atoms with Crippen LogP contribution in [-0.4, -0.2) is 29.2 Å². The number of methoxy groups -OCH3 is 1. The molecule has 0 radical (unpaired) electrons. The van der Waals surface area contributed by atoms with Crippen molar-refractivity contribution in [1.29, 1.82) is 0 Å². The van der Waals surface area contributed by atoms with Crippen molar-refractivity contribution in [2.45, 2.75) is 38.7 Å². The van der Waals surface area contributed by atoms with Crippen molar-refractivity contribution < 1.29 is 53.3 Å². The molecule has 2 aromatic heterocycles. The maximum Gasteiger partial charge on any atom is 1.00 e. The normalized spacial score (nSPS) is 11.6. The summed E-state index contributed by atoms with van der Waals surface area (Å²) in [4.78, 5) is 19.4. The molecule has 0 aliphatic rings. The Labute approximate surface area is 220 Å². The molecular formula is C26H25N2NaO5. The number of nitrogens with zero attached hydrogens (tertiary/aromatic N) is 2. The number of unbranched alkanes of at least 4 members (excludes halogenated alkanes) is 1. The maximum absolute atomic E-state index is 10.6. The molecule has 1 unspecified atom stereocenters. The van der Waals surface area contributed by atoms with E-state index in [4.69, 9.17) is 13.9 Å². The topological polar surface area (TPSA) is 97.5 Å². The smallest absolute Gasteiger partial charge is 0.550 e. The monoisotopic (exact) mass is 468 g/mol. The third kappa shape index (κ3) is 5.97. The molecular weight excluding hydrogens is 443 g/mol. The summed E-state index contributed by atoms with van der Waals surface area (Å²) < 4.78 is 17.7. The van der Waals surface area contributed by atoms with Crippen LogP contribution in [0.4, 0.5) is 0 Å². The van der Waals surface area contributed by atoms with Gasteiger partial charge in [0, 0.05) is 17.1 Å². The minimum absolute atomic E-state index is 0. The number of carboxylic acid groups (broad SMARTS) is 1. The molecule has 0 spiro atoms. The number of rotatable bonds is 10. The average molecular weight is 468 g/mol. The van der Waals surface area contributed by atoms with E-state index in [1.165, 1.54) is 6.33 Å². The fourth-order valence-electron chi connectivity index (χ4n) is 3.77. The van der Waals surface area contributed by atoms with Crippen LogP contribution >= 0.6 is 0 Å². The summed E-state index contributed by atoms with van der Waals surface area (Å²) in [5.41, 5.74) is 3.13. The van der Waals surface area contributed by atoms with Crippen LogP contribution < -0.4 is 44.1 Å². The number of carboxylic acids is 1. The molecule has 4 aromatic rings. The molecule has 34 heavy (non-hydrogen) atoms. The van der Waals surface area contributed by atoms with Gasteiger partial charge in [0.2, 0.25) is 11.6 Å². The third-order valence-corrected chi connectivity index (χ3v) is 5.42. The number of aromatic nitrogens is 2. The molecule has 0 aliphatic carbocycles. The summed E-state index contributed by atoms with van der Waals surface area (Å²) >= 11 is 0. The van der Waals surface area contributed by atoms with Gasteiger partial charge >= 0.3 is 29.6 Å². The number of carbonyl (C=O) groups excluding carboxylic acids is 1. The van der Waals surface area contributed by atoms with E-state index in [1.54, 1.807) is 7.11 Å². The summed E-state index contributed by atoms with van der Waals surface area (Å²) in [6.45, 7) is 1.94. The van der Waals surface area contributed by atoms with Crippen LogP contribution in [0.3, 0.4) is 0 Å². The first-order valence-electron chi connectivity index (χ1n) is 10.9. The first-order chi connectivity index (χ1) is 16.1. The van der Waals surface area contributed by atoms with Gasteiger partial charge in [0.1, 0.15) is 23.2 Å². The van der Waals surface area contributed by atoms with E-state index < -0.39 is 5.97 Å². The summed E-state index contributed by atoms with van der Waals surface area (Å²) in [6.07, 6.45) is 3.28. The summed E-state index contributed by atoms with van der Waals surface area (Å²) in [7, 11) is 1.63. The van der Waals surface area contributed by atoms with Crippen LogP contribution in [-0.2, 0) is 4.79 Å². The summed E-state index contributed by atoms with van der Waals surface area (Å²) in [5.74, 6) is 0.842. The van der Waals surface area contributed by atoms with Gasteiger partial charge in [0.05, 0.1) is 13.2 Å². The Morgan fingerprint density at radius 3 is 2.44 bits per heavy atom. The molecule has 2 aromatic carbocycles. The SMILES string of the molecule is COc1ccc(-c2c(-c3ccccc3)oc3ncnc(OC(C)CCCCC(=O)[O-])c23)cc1.[Na+]. The standard InChI is InChI=1S/C26H26N2O5.Na/c1-17(8-6-7-11-21(29)30)32-25-23-22(18-12-14-20(31-2)15-13-18)24(19-9-4-3-5-10-19)33-26(23)28-16-27-25;/h3-5,9-10,12-17H,6-8,11H2,1-2H3,(H,29,30);/q;+1/p-1. The van der Waals surface area contributed by atoms with Gasteiger partial charge in [0.15, 0.2) is 0 Å². The number of carbonyl (C=O) groups is 1. The van der Waals surface area contributed by atoms with E-state index in [-0.39, 0.29) is 42.1 Å². The number of hydrogen-bond donors (Lipinski definition) is 0. The number of ether oxygens (including phenoxy) is 2. The van der Waals surface area contributed by atoms with Gasteiger partial charge in [-0.3, -0.25) is 0 Å². The largest absolute Gasteiger partial charge is 1.00 e. The summed E-state index contributed by atoms with van der Waals surface area (Å²) in [5, 5.41) is 11.3. The Morgan fingerprint density at radius 2 is 1.76 bits per heavy atom. The van der Waals surface area contributed by atoms with E-state index in [1.807, 2.05) is 61.5 Å². The Morgan fingerprint density at radius 1 is 1.03 bits per heavy atom. The van der Waals surface area contributed by atoms with Gasteiger partial charge in [-0.05, 0) is 50.3 Å². The van der Waals surface area contributed by atoms with Crippen molar-refractivity contribution in [2.24, 2.45) is 0 Å². The van der Waals surface area contributed by atoms with Crippen molar-refractivity contribution >= 4 is 17.1 Å². The number of fused-ring (bicyclic) bond motifs is 1. The maximum atomic E-state index is 10.6. The van der Waals surface area contributed by atoms with E-state index >= 15 is 0 Å². The molecule has 7 nitrogen and oxygen atoms in total. The molecule has 0 N–H and O–H groups in total. The van der Waals surface area contributed by atoms with Crippen molar-refractivity contribution in [1.82, 2.24) is 9.97 Å². The first-order valence-corrected chi connectivity index (χ1v) is 10.9. The van der Waals surface area contributed by atoms with Gasteiger partial charge in [0.25, 0.3) is 0 Å². The second-order valence-electron chi connectivity index (χ2n) is 7.81. The van der Waals surface area contributed by atoms with E-state index in [0.29, 0.717) is 35.6 Å². The van der Waals surface area contributed by atoms with Crippen LogP contribution in [0.25, 0.3) is 33.6 Å². The molecule has 0 amide bonds. The van der Waals surface area contributed by atoms with Crippen LogP contribution in [0.2, 0.25) is 0 Å². The quantitative estimate of drug-likeness (QED) is 0.258. The van der Waals surface area contributed by atoms with E-state index in [9.17, 15) is 9.90 Å². The average Bonchev–Trinajstić information content (AvgIpc) is 3.23.